The minimum atomic E-state index is -1.24. The van der Waals surface area contributed by atoms with E-state index < -0.39 is 59.5 Å². The van der Waals surface area contributed by atoms with Crippen LogP contribution in [0.3, 0.4) is 0 Å². The van der Waals surface area contributed by atoms with Gasteiger partial charge in [-0.05, 0) is 44.4 Å². The van der Waals surface area contributed by atoms with E-state index in [1.54, 1.807) is 23.7 Å². The molecule has 6 atom stereocenters. The predicted octanol–water partition coefficient (Wildman–Crippen LogP) is 1.57. The van der Waals surface area contributed by atoms with Crippen LogP contribution in [0, 0.1) is 11.8 Å². The van der Waals surface area contributed by atoms with Gasteiger partial charge in [-0.1, -0.05) is 47.7 Å². The molecule has 2 N–H and O–H groups in total. The Morgan fingerprint density at radius 3 is 2.67 bits per heavy atom. The molecule has 3 aromatic rings. The van der Waals surface area contributed by atoms with Gasteiger partial charge in [-0.15, -0.1) is 5.10 Å². The smallest absolute Gasteiger partial charge is 0.312 e. The Morgan fingerprint density at radius 2 is 1.92 bits per heavy atom. The molecular weight excluding hydrogens is 502 g/mol. The number of likely N-dealkylation sites (tertiary alicyclic amines) is 1. The number of carbonyl (C=O) groups excluding carboxylic acids is 3. The van der Waals surface area contributed by atoms with Gasteiger partial charge in [0.1, 0.15) is 29.7 Å². The van der Waals surface area contributed by atoms with E-state index in [1.807, 2.05) is 49.4 Å². The molecule has 1 aromatic heterocycles. The van der Waals surface area contributed by atoms with Gasteiger partial charge in [0.2, 0.25) is 11.8 Å². The second kappa shape index (κ2) is 9.42. The summed E-state index contributed by atoms with van der Waals surface area (Å²) in [5.41, 5.74) is -0.0480. The van der Waals surface area contributed by atoms with Crippen molar-refractivity contribution in [1.29, 1.82) is 0 Å². The third-order valence-corrected chi connectivity index (χ3v) is 8.52. The molecule has 4 heterocycles. The Labute approximate surface area is 225 Å². The molecule has 2 unspecified atom stereocenters. The van der Waals surface area contributed by atoms with E-state index in [2.05, 4.69) is 15.6 Å². The number of aliphatic hydroxyl groups excluding tert-OH is 1. The van der Waals surface area contributed by atoms with Gasteiger partial charge in [-0.2, -0.15) is 0 Å². The Bertz CT molecular complexity index is 1430. The fourth-order valence-corrected chi connectivity index (χ4v) is 6.90. The lowest BCUT2D eigenvalue weighted by Gasteiger charge is -2.37. The van der Waals surface area contributed by atoms with Crippen molar-refractivity contribution in [3.63, 3.8) is 0 Å². The lowest BCUT2D eigenvalue weighted by atomic mass is 9.66. The molecule has 0 aliphatic carbocycles. The van der Waals surface area contributed by atoms with Gasteiger partial charge in [0, 0.05) is 0 Å². The lowest BCUT2D eigenvalue weighted by Crippen LogP contribution is -2.56. The molecule has 11 nitrogen and oxygen atoms in total. The number of hydrogen-bond acceptors (Lipinski definition) is 8. The summed E-state index contributed by atoms with van der Waals surface area (Å²) in [6.45, 7) is 3.32. The van der Waals surface area contributed by atoms with Crippen molar-refractivity contribution >= 4 is 28.8 Å². The first kappa shape index (κ1) is 25.4. The number of benzene rings is 2. The fraction of sp³-hybridized carbons (Fsp3) is 0.464. The summed E-state index contributed by atoms with van der Waals surface area (Å²) in [5.74, 6) is -3.11. The van der Waals surface area contributed by atoms with E-state index in [-0.39, 0.29) is 13.3 Å². The number of aliphatic hydroxyl groups is 1. The number of fused-ring (bicyclic) bond motifs is 2. The number of para-hydroxylation sites is 1. The van der Waals surface area contributed by atoms with E-state index in [9.17, 15) is 19.5 Å². The van der Waals surface area contributed by atoms with Crippen LogP contribution in [-0.2, 0) is 30.5 Å². The molecular formula is C28H31N5O6. The summed E-state index contributed by atoms with van der Waals surface area (Å²) in [6, 6.07) is 14.6. The van der Waals surface area contributed by atoms with Crippen molar-refractivity contribution in [2.75, 3.05) is 13.2 Å². The zero-order chi connectivity index (χ0) is 27.4. The SMILES string of the molecule is CCOC(=O)[C@@H]1[C@H]2C(=O)N([C@H](CO)c3ccccc3)C(C(=O)NCn3nnc4ccccc43)C23CC[C@@]1(C)O3. The van der Waals surface area contributed by atoms with Crippen LogP contribution in [0.25, 0.3) is 11.0 Å². The minimum absolute atomic E-state index is 0.0202. The number of nitrogens with one attached hydrogen (secondary N) is 1. The molecule has 2 bridgehead atoms. The average Bonchev–Trinajstić information content (AvgIpc) is 3.64. The number of hydrogen-bond donors (Lipinski definition) is 2. The minimum Gasteiger partial charge on any atom is -0.466 e. The summed E-state index contributed by atoms with van der Waals surface area (Å²) >= 11 is 0. The number of rotatable bonds is 8. The predicted molar refractivity (Wildman–Crippen MR) is 138 cm³/mol. The molecule has 1 spiro atoms. The van der Waals surface area contributed by atoms with E-state index in [4.69, 9.17) is 9.47 Å². The van der Waals surface area contributed by atoms with Crippen LogP contribution >= 0.6 is 0 Å². The van der Waals surface area contributed by atoms with Crippen LogP contribution < -0.4 is 5.32 Å². The molecule has 11 heteroatoms. The second-order valence-electron chi connectivity index (χ2n) is 10.6. The summed E-state index contributed by atoms with van der Waals surface area (Å²) in [4.78, 5) is 42.9. The van der Waals surface area contributed by atoms with Crippen molar-refractivity contribution in [2.45, 2.75) is 56.6 Å². The van der Waals surface area contributed by atoms with Crippen LogP contribution in [0.1, 0.15) is 38.3 Å². The van der Waals surface area contributed by atoms with Gasteiger partial charge in [0.25, 0.3) is 0 Å². The monoisotopic (exact) mass is 533 g/mol. The Hall–Kier alpha value is -3.83. The highest BCUT2D eigenvalue weighted by Gasteiger charge is 2.78. The van der Waals surface area contributed by atoms with Gasteiger partial charge in [0.15, 0.2) is 0 Å². The number of aromatic nitrogens is 3. The molecule has 3 saturated heterocycles. The van der Waals surface area contributed by atoms with E-state index >= 15 is 0 Å². The third kappa shape index (κ3) is 3.75. The van der Waals surface area contributed by atoms with Crippen molar-refractivity contribution < 1.29 is 29.0 Å². The van der Waals surface area contributed by atoms with Crippen LogP contribution in [-0.4, -0.2) is 73.2 Å². The van der Waals surface area contributed by atoms with Crippen molar-refractivity contribution in [1.82, 2.24) is 25.2 Å². The number of esters is 1. The highest BCUT2D eigenvalue weighted by molar-refractivity contribution is 5.98. The lowest BCUT2D eigenvalue weighted by molar-refractivity contribution is -0.160. The maximum absolute atomic E-state index is 14.2. The molecule has 3 aliphatic rings. The number of amides is 2. The Kier molecular flexibility index (Phi) is 6.15. The molecule has 204 valence electrons. The first-order valence-electron chi connectivity index (χ1n) is 13.3. The summed E-state index contributed by atoms with van der Waals surface area (Å²) in [5, 5.41) is 21.7. The number of nitrogens with zero attached hydrogens (tertiary/aromatic N) is 4. The van der Waals surface area contributed by atoms with E-state index in [0.717, 1.165) is 5.52 Å². The van der Waals surface area contributed by atoms with E-state index in [0.29, 0.717) is 23.9 Å². The highest BCUT2D eigenvalue weighted by Crippen LogP contribution is 2.64. The molecule has 3 aliphatic heterocycles. The molecule has 0 saturated carbocycles. The van der Waals surface area contributed by atoms with Gasteiger partial charge >= 0.3 is 5.97 Å². The zero-order valence-corrected chi connectivity index (χ0v) is 21.8. The third-order valence-electron chi connectivity index (χ3n) is 8.52. The van der Waals surface area contributed by atoms with Crippen LogP contribution in [0.4, 0.5) is 0 Å². The molecule has 2 aromatic carbocycles. The summed E-state index contributed by atoms with van der Waals surface area (Å²) < 4.78 is 13.5. The normalized spacial score (nSPS) is 30.0. The molecule has 3 fully saturated rings. The second-order valence-corrected chi connectivity index (χ2v) is 10.6. The average molecular weight is 534 g/mol. The molecule has 0 radical (unpaired) electrons. The first-order valence-corrected chi connectivity index (χ1v) is 13.3. The van der Waals surface area contributed by atoms with Gasteiger partial charge in [-0.3, -0.25) is 14.4 Å². The van der Waals surface area contributed by atoms with Crippen LogP contribution in [0.2, 0.25) is 0 Å². The maximum Gasteiger partial charge on any atom is 0.312 e. The van der Waals surface area contributed by atoms with Gasteiger partial charge < -0.3 is 24.8 Å². The van der Waals surface area contributed by atoms with E-state index in [1.165, 1.54) is 4.90 Å². The molecule has 6 rings (SSSR count). The Morgan fingerprint density at radius 1 is 1.18 bits per heavy atom. The first-order chi connectivity index (χ1) is 18.8. The van der Waals surface area contributed by atoms with Crippen LogP contribution in [0.15, 0.2) is 54.6 Å². The van der Waals surface area contributed by atoms with Crippen LogP contribution in [0.5, 0.6) is 0 Å². The maximum atomic E-state index is 14.2. The quantitative estimate of drug-likeness (QED) is 0.417. The highest BCUT2D eigenvalue weighted by atomic mass is 16.6. The van der Waals surface area contributed by atoms with Crippen molar-refractivity contribution in [2.24, 2.45) is 11.8 Å². The Balaban J connectivity index is 1.39. The molecule has 39 heavy (non-hydrogen) atoms. The standard InChI is InChI=1S/C28H31N5O6/c1-3-38-26(37)22-21-25(36)33(20(15-34)17-9-5-4-6-10-17)23(28(21)14-13-27(22,2)39-28)24(35)29-16-32-19-12-8-7-11-18(19)30-31-32/h4-12,20-23,34H,3,13-16H2,1-2H3,(H,29,35)/t20-,21+,22+,23?,27-,28?/m1/s1. The van der Waals surface area contributed by atoms with Crippen molar-refractivity contribution in [3.05, 3.63) is 60.2 Å². The fourth-order valence-electron chi connectivity index (χ4n) is 6.90. The van der Waals surface area contributed by atoms with Gasteiger partial charge in [0.05, 0.1) is 36.3 Å². The summed E-state index contributed by atoms with van der Waals surface area (Å²) in [6.07, 6.45) is 0.921. The number of ether oxygens (including phenoxy) is 2. The van der Waals surface area contributed by atoms with Crippen molar-refractivity contribution in [3.8, 4) is 0 Å². The van der Waals surface area contributed by atoms with Gasteiger partial charge in [-0.25, -0.2) is 4.68 Å². The molecule has 2 amide bonds. The number of carbonyl (C=O) groups is 3. The topological polar surface area (TPSA) is 136 Å². The largest absolute Gasteiger partial charge is 0.466 e. The zero-order valence-electron chi connectivity index (χ0n) is 21.8. The summed E-state index contributed by atoms with van der Waals surface area (Å²) in [7, 11) is 0.